The molecule has 0 atom stereocenters. The molecule has 1 heterocycles. The molecule has 0 radical (unpaired) electrons. The zero-order chi connectivity index (χ0) is 13.4. The number of nitrogens with one attached hydrogen (secondary N) is 2. The van der Waals surface area contributed by atoms with Crippen molar-refractivity contribution in [3.63, 3.8) is 0 Å². The SMILES string of the molecule is CN=C(NCCCN(C)C)NCc1sccc1C.I. The first kappa shape index (κ1) is 18.7. The van der Waals surface area contributed by atoms with Crippen LogP contribution in [0.5, 0.6) is 0 Å². The number of thiophene rings is 1. The maximum Gasteiger partial charge on any atom is 0.191 e. The number of hydrogen-bond acceptors (Lipinski definition) is 3. The van der Waals surface area contributed by atoms with Crippen LogP contribution in [0.1, 0.15) is 16.9 Å². The van der Waals surface area contributed by atoms with E-state index >= 15 is 0 Å². The summed E-state index contributed by atoms with van der Waals surface area (Å²) in [6, 6.07) is 2.15. The van der Waals surface area contributed by atoms with Gasteiger partial charge in [-0.25, -0.2) is 0 Å². The van der Waals surface area contributed by atoms with Gasteiger partial charge in [0.25, 0.3) is 0 Å². The van der Waals surface area contributed by atoms with Gasteiger partial charge in [-0.2, -0.15) is 0 Å². The number of guanidine groups is 1. The van der Waals surface area contributed by atoms with E-state index in [1.54, 1.807) is 11.3 Å². The van der Waals surface area contributed by atoms with E-state index < -0.39 is 0 Å². The lowest BCUT2D eigenvalue weighted by Gasteiger charge is -2.13. The van der Waals surface area contributed by atoms with Crippen molar-refractivity contribution in [3.05, 3.63) is 21.9 Å². The lowest BCUT2D eigenvalue weighted by molar-refractivity contribution is 0.399. The van der Waals surface area contributed by atoms with Gasteiger partial charge in [-0.3, -0.25) is 4.99 Å². The van der Waals surface area contributed by atoms with Gasteiger partial charge < -0.3 is 15.5 Å². The second-order valence-corrected chi connectivity index (χ2v) is 5.54. The quantitative estimate of drug-likeness (QED) is 0.336. The van der Waals surface area contributed by atoms with E-state index in [1.807, 2.05) is 7.05 Å². The van der Waals surface area contributed by atoms with Crippen molar-refractivity contribution in [1.82, 2.24) is 15.5 Å². The molecule has 0 bridgehead atoms. The summed E-state index contributed by atoms with van der Waals surface area (Å²) < 4.78 is 0. The van der Waals surface area contributed by atoms with Crippen LogP contribution < -0.4 is 10.6 Å². The zero-order valence-electron chi connectivity index (χ0n) is 12.2. The molecule has 1 aromatic heterocycles. The summed E-state index contributed by atoms with van der Waals surface area (Å²) in [5.74, 6) is 0.876. The molecule has 19 heavy (non-hydrogen) atoms. The van der Waals surface area contributed by atoms with Gasteiger partial charge in [0.15, 0.2) is 5.96 Å². The Hall–Kier alpha value is -0.340. The normalized spacial score (nSPS) is 11.3. The van der Waals surface area contributed by atoms with Crippen LogP contribution in [0.3, 0.4) is 0 Å². The van der Waals surface area contributed by atoms with Crippen molar-refractivity contribution in [2.75, 3.05) is 34.2 Å². The predicted molar refractivity (Wildman–Crippen MR) is 95.8 cm³/mol. The summed E-state index contributed by atoms with van der Waals surface area (Å²) in [7, 11) is 5.99. The second kappa shape index (κ2) is 10.4. The van der Waals surface area contributed by atoms with Gasteiger partial charge in [0.2, 0.25) is 0 Å². The standard InChI is InChI=1S/C13H24N4S.HI/c1-11-6-9-18-12(11)10-16-13(14-2)15-7-5-8-17(3)4;/h6,9H,5,7-8,10H2,1-4H3,(H2,14,15,16);1H. The molecule has 0 saturated carbocycles. The average molecular weight is 396 g/mol. The molecule has 6 heteroatoms. The third kappa shape index (κ3) is 7.74. The smallest absolute Gasteiger partial charge is 0.191 e. The number of rotatable bonds is 6. The summed E-state index contributed by atoms with van der Waals surface area (Å²) in [6.07, 6.45) is 1.12. The largest absolute Gasteiger partial charge is 0.356 e. The molecular weight excluding hydrogens is 371 g/mol. The zero-order valence-corrected chi connectivity index (χ0v) is 15.3. The number of nitrogens with zero attached hydrogens (tertiary/aromatic N) is 2. The lowest BCUT2D eigenvalue weighted by atomic mass is 10.3. The summed E-state index contributed by atoms with van der Waals surface area (Å²) in [6.45, 7) is 5.02. The van der Waals surface area contributed by atoms with E-state index in [0.29, 0.717) is 0 Å². The number of hydrogen-bond donors (Lipinski definition) is 2. The third-order valence-electron chi connectivity index (χ3n) is 2.68. The third-order valence-corrected chi connectivity index (χ3v) is 3.71. The number of halogens is 1. The molecule has 2 N–H and O–H groups in total. The first-order chi connectivity index (χ1) is 8.63. The first-order valence-corrected chi connectivity index (χ1v) is 7.13. The topological polar surface area (TPSA) is 39.7 Å². The van der Waals surface area contributed by atoms with Crippen LogP contribution in [0.4, 0.5) is 0 Å². The van der Waals surface area contributed by atoms with Crippen molar-refractivity contribution in [1.29, 1.82) is 0 Å². The van der Waals surface area contributed by atoms with Crippen LogP contribution in [0.15, 0.2) is 16.4 Å². The molecule has 0 aromatic carbocycles. The molecule has 0 fully saturated rings. The van der Waals surface area contributed by atoms with Crippen LogP contribution in [-0.2, 0) is 6.54 Å². The molecule has 0 spiro atoms. The van der Waals surface area contributed by atoms with Crippen LogP contribution in [-0.4, -0.2) is 45.1 Å². The maximum absolute atomic E-state index is 4.22. The number of aryl methyl sites for hydroxylation is 1. The highest BCUT2D eigenvalue weighted by Crippen LogP contribution is 2.14. The second-order valence-electron chi connectivity index (χ2n) is 4.54. The molecule has 0 saturated heterocycles. The van der Waals surface area contributed by atoms with E-state index in [1.165, 1.54) is 10.4 Å². The van der Waals surface area contributed by atoms with E-state index in [-0.39, 0.29) is 24.0 Å². The minimum atomic E-state index is 0. The van der Waals surface area contributed by atoms with E-state index in [9.17, 15) is 0 Å². The summed E-state index contributed by atoms with van der Waals surface area (Å²) in [5, 5.41) is 8.78. The van der Waals surface area contributed by atoms with Crippen LogP contribution in [0.2, 0.25) is 0 Å². The predicted octanol–water partition coefficient (Wildman–Crippen LogP) is 2.29. The van der Waals surface area contributed by atoms with Gasteiger partial charge in [0.05, 0.1) is 6.54 Å². The first-order valence-electron chi connectivity index (χ1n) is 6.25. The Kier molecular flexibility index (Phi) is 10.3. The number of aliphatic imine (C=N–C) groups is 1. The molecule has 0 aliphatic rings. The Morgan fingerprint density at radius 2 is 2.11 bits per heavy atom. The average Bonchev–Trinajstić information content (AvgIpc) is 2.74. The minimum absolute atomic E-state index is 0. The molecule has 0 amide bonds. The Labute approximate surface area is 137 Å². The van der Waals surface area contributed by atoms with Crippen LogP contribution in [0, 0.1) is 6.92 Å². The Morgan fingerprint density at radius 3 is 2.63 bits per heavy atom. The van der Waals surface area contributed by atoms with Crippen molar-refractivity contribution in [3.8, 4) is 0 Å². The van der Waals surface area contributed by atoms with Crippen molar-refractivity contribution < 1.29 is 0 Å². The van der Waals surface area contributed by atoms with Gasteiger partial charge in [-0.05, 0) is 51.0 Å². The highest BCUT2D eigenvalue weighted by Gasteiger charge is 2.01. The fourth-order valence-corrected chi connectivity index (χ4v) is 2.42. The van der Waals surface area contributed by atoms with Gasteiger partial charge >= 0.3 is 0 Å². The van der Waals surface area contributed by atoms with E-state index in [0.717, 1.165) is 32.0 Å². The monoisotopic (exact) mass is 396 g/mol. The van der Waals surface area contributed by atoms with Crippen LogP contribution in [0.25, 0.3) is 0 Å². The van der Waals surface area contributed by atoms with Gasteiger partial charge in [-0.15, -0.1) is 35.3 Å². The molecule has 1 rings (SSSR count). The molecular formula is C13H25IN4S. The van der Waals surface area contributed by atoms with E-state index in [4.69, 9.17) is 0 Å². The molecule has 0 unspecified atom stereocenters. The molecule has 0 aliphatic carbocycles. The van der Waals surface area contributed by atoms with Crippen molar-refractivity contribution in [2.24, 2.45) is 4.99 Å². The maximum atomic E-state index is 4.22. The Morgan fingerprint density at radius 1 is 1.37 bits per heavy atom. The summed E-state index contributed by atoms with van der Waals surface area (Å²) >= 11 is 1.78. The lowest BCUT2D eigenvalue weighted by Crippen LogP contribution is -2.37. The highest BCUT2D eigenvalue weighted by molar-refractivity contribution is 14.0. The molecule has 4 nitrogen and oxygen atoms in total. The molecule has 110 valence electrons. The molecule has 0 aliphatic heterocycles. The van der Waals surface area contributed by atoms with E-state index in [2.05, 4.69) is 53.0 Å². The van der Waals surface area contributed by atoms with Crippen molar-refractivity contribution in [2.45, 2.75) is 19.9 Å². The Bertz CT molecular complexity index is 376. The fourth-order valence-electron chi connectivity index (χ4n) is 1.57. The van der Waals surface area contributed by atoms with Crippen molar-refractivity contribution >= 4 is 41.3 Å². The fraction of sp³-hybridized carbons (Fsp3) is 0.615. The highest BCUT2D eigenvalue weighted by atomic mass is 127. The molecule has 1 aromatic rings. The minimum Gasteiger partial charge on any atom is -0.356 e. The van der Waals surface area contributed by atoms with Crippen LogP contribution >= 0.6 is 35.3 Å². The summed E-state index contributed by atoms with van der Waals surface area (Å²) in [5.41, 5.74) is 1.34. The van der Waals surface area contributed by atoms with Gasteiger partial charge in [0, 0.05) is 18.5 Å². The van der Waals surface area contributed by atoms with Gasteiger partial charge in [-0.1, -0.05) is 0 Å². The Balaban J connectivity index is 0.00000324. The summed E-state index contributed by atoms with van der Waals surface area (Å²) in [4.78, 5) is 7.77. The van der Waals surface area contributed by atoms with Gasteiger partial charge in [0.1, 0.15) is 0 Å².